The largest absolute Gasteiger partial charge is 0.379 e. The molecule has 1 saturated heterocycles. The van der Waals surface area contributed by atoms with Crippen molar-refractivity contribution in [2.75, 3.05) is 26.3 Å². The Labute approximate surface area is 169 Å². The molecule has 3 heterocycles. The Morgan fingerprint density at radius 3 is 2.83 bits per heavy atom. The topological polar surface area (TPSA) is 83.1 Å². The average Bonchev–Trinajstić information content (AvgIpc) is 3.15. The van der Waals surface area contributed by atoms with Crippen LogP contribution in [0.5, 0.6) is 0 Å². The van der Waals surface area contributed by atoms with Gasteiger partial charge in [0.25, 0.3) is 5.91 Å². The van der Waals surface area contributed by atoms with Crippen molar-refractivity contribution in [1.82, 2.24) is 25.4 Å². The molecule has 2 N–H and O–H groups in total. The zero-order valence-corrected chi connectivity index (χ0v) is 16.4. The number of nitrogens with one attached hydrogen (secondary N) is 2. The highest BCUT2D eigenvalue weighted by Gasteiger charge is 2.23. The second-order valence-electron chi connectivity index (χ2n) is 7.90. The van der Waals surface area contributed by atoms with Gasteiger partial charge in [-0.05, 0) is 48.6 Å². The van der Waals surface area contributed by atoms with Gasteiger partial charge in [0.1, 0.15) is 0 Å². The number of nitrogens with zero attached hydrogens (tertiary/aromatic N) is 3. The number of carbonyl (C=O) groups excluding carboxylic acids is 1. The van der Waals surface area contributed by atoms with Crippen molar-refractivity contribution in [3.63, 3.8) is 0 Å². The number of amides is 1. The molecule has 0 radical (unpaired) electrons. The van der Waals surface area contributed by atoms with Gasteiger partial charge in [0.05, 0.1) is 18.7 Å². The summed E-state index contributed by atoms with van der Waals surface area (Å²) in [6.45, 7) is 4.34. The molecule has 29 heavy (non-hydrogen) atoms. The average molecular weight is 391 g/mol. The van der Waals surface area contributed by atoms with E-state index in [1.807, 2.05) is 30.6 Å². The number of morpholine rings is 1. The maximum absolute atomic E-state index is 12.6. The zero-order chi connectivity index (χ0) is 19.6. The fourth-order valence-corrected chi connectivity index (χ4v) is 3.92. The van der Waals surface area contributed by atoms with Gasteiger partial charge in [-0.2, -0.15) is 5.10 Å². The molecule has 1 aromatic carbocycles. The minimum Gasteiger partial charge on any atom is -0.379 e. The summed E-state index contributed by atoms with van der Waals surface area (Å²) in [5, 5.41) is 11.2. The molecule has 5 rings (SSSR count). The van der Waals surface area contributed by atoms with E-state index in [0.29, 0.717) is 11.7 Å². The van der Waals surface area contributed by atoms with Crippen LogP contribution < -0.4 is 5.32 Å². The molecule has 1 amide bonds. The lowest BCUT2D eigenvalue weighted by Gasteiger charge is -2.26. The minimum atomic E-state index is -0.0997. The SMILES string of the molecule is O=C(NC1CCC1)c1n[nH]c2ccc(-c3cncc(CN4CCOCC4)c3)cc12. The molecule has 2 aromatic heterocycles. The van der Waals surface area contributed by atoms with Crippen molar-refractivity contribution in [2.45, 2.75) is 31.8 Å². The molecule has 7 nitrogen and oxygen atoms in total. The van der Waals surface area contributed by atoms with Crippen molar-refractivity contribution in [3.8, 4) is 11.1 Å². The van der Waals surface area contributed by atoms with Gasteiger partial charge in [-0.3, -0.25) is 19.8 Å². The summed E-state index contributed by atoms with van der Waals surface area (Å²) < 4.78 is 5.43. The van der Waals surface area contributed by atoms with Crippen LogP contribution in [-0.4, -0.2) is 58.3 Å². The predicted molar refractivity (Wildman–Crippen MR) is 111 cm³/mol. The van der Waals surface area contributed by atoms with Gasteiger partial charge in [0.2, 0.25) is 0 Å². The van der Waals surface area contributed by atoms with E-state index in [4.69, 9.17) is 4.74 Å². The summed E-state index contributed by atoms with van der Waals surface area (Å²) in [4.78, 5) is 19.5. The van der Waals surface area contributed by atoms with E-state index in [2.05, 4.69) is 31.5 Å². The summed E-state index contributed by atoms with van der Waals surface area (Å²) in [6, 6.07) is 8.52. The number of fused-ring (bicyclic) bond motifs is 1. The van der Waals surface area contributed by atoms with Gasteiger partial charge >= 0.3 is 0 Å². The number of hydrogen-bond donors (Lipinski definition) is 2. The molecule has 3 aromatic rings. The summed E-state index contributed by atoms with van der Waals surface area (Å²) in [5.41, 5.74) is 4.59. The summed E-state index contributed by atoms with van der Waals surface area (Å²) >= 11 is 0. The van der Waals surface area contributed by atoms with E-state index in [1.165, 1.54) is 12.0 Å². The number of aromatic nitrogens is 3. The van der Waals surface area contributed by atoms with Gasteiger partial charge in [-0.25, -0.2) is 0 Å². The number of H-pyrrole nitrogens is 1. The van der Waals surface area contributed by atoms with Crippen molar-refractivity contribution in [2.24, 2.45) is 0 Å². The van der Waals surface area contributed by atoms with Crippen molar-refractivity contribution in [3.05, 3.63) is 47.9 Å². The van der Waals surface area contributed by atoms with Crippen LogP contribution in [0.3, 0.4) is 0 Å². The quantitative estimate of drug-likeness (QED) is 0.699. The van der Waals surface area contributed by atoms with Crippen molar-refractivity contribution >= 4 is 16.8 Å². The molecule has 1 saturated carbocycles. The van der Waals surface area contributed by atoms with E-state index >= 15 is 0 Å². The Morgan fingerprint density at radius 1 is 1.17 bits per heavy atom. The van der Waals surface area contributed by atoms with Crippen LogP contribution in [0.4, 0.5) is 0 Å². The van der Waals surface area contributed by atoms with Crippen LogP contribution >= 0.6 is 0 Å². The van der Waals surface area contributed by atoms with E-state index < -0.39 is 0 Å². The molecule has 1 aliphatic carbocycles. The van der Waals surface area contributed by atoms with Gasteiger partial charge in [-0.15, -0.1) is 0 Å². The standard InChI is InChI=1S/C22H25N5O2/c28-22(24-18-2-1-3-18)21-19-11-16(4-5-20(19)25-26-21)17-10-15(12-23-13-17)14-27-6-8-29-9-7-27/h4-5,10-13,18H,1-3,6-9,14H2,(H,24,28)(H,25,26). The van der Waals surface area contributed by atoms with Gasteiger partial charge in [-0.1, -0.05) is 6.07 Å². The molecule has 0 bridgehead atoms. The Hall–Kier alpha value is -2.77. The molecule has 0 unspecified atom stereocenters. The second-order valence-corrected chi connectivity index (χ2v) is 7.90. The van der Waals surface area contributed by atoms with E-state index in [9.17, 15) is 4.79 Å². The first kappa shape index (κ1) is 18.3. The fourth-order valence-electron chi connectivity index (χ4n) is 3.92. The zero-order valence-electron chi connectivity index (χ0n) is 16.4. The maximum Gasteiger partial charge on any atom is 0.272 e. The van der Waals surface area contributed by atoms with E-state index in [0.717, 1.165) is 67.7 Å². The third-order valence-corrected chi connectivity index (χ3v) is 5.86. The first-order chi connectivity index (χ1) is 14.3. The van der Waals surface area contributed by atoms with Crippen LogP contribution in [0, 0.1) is 0 Å². The van der Waals surface area contributed by atoms with Crippen molar-refractivity contribution in [1.29, 1.82) is 0 Å². The normalized spacial score (nSPS) is 17.9. The van der Waals surface area contributed by atoms with Crippen LogP contribution in [-0.2, 0) is 11.3 Å². The monoisotopic (exact) mass is 391 g/mol. The minimum absolute atomic E-state index is 0.0997. The maximum atomic E-state index is 12.6. The molecule has 0 spiro atoms. The highest BCUT2D eigenvalue weighted by Crippen LogP contribution is 2.26. The highest BCUT2D eigenvalue weighted by molar-refractivity contribution is 6.05. The van der Waals surface area contributed by atoms with Crippen molar-refractivity contribution < 1.29 is 9.53 Å². The summed E-state index contributed by atoms with van der Waals surface area (Å²) in [7, 11) is 0. The Balaban J connectivity index is 1.40. The number of aromatic amines is 1. The van der Waals surface area contributed by atoms with Gasteiger partial charge in [0.15, 0.2) is 5.69 Å². The predicted octanol–water partition coefficient (Wildman–Crippen LogP) is 2.74. The van der Waals surface area contributed by atoms with Crippen LogP contribution in [0.1, 0.15) is 35.3 Å². The number of ether oxygens (including phenoxy) is 1. The number of pyridine rings is 1. The summed E-state index contributed by atoms with van der Waals surface area (Å²) in [6.07, 6.45) is 7.09. The lowest BCUT2D eigenvalue weighted by Crippen LogP contribution is -2.39. The Morgan fingerprint density at radius 2 is 2.03 bits per heavy atom. The van der Waals surface area contributed by atoms with E-state index in [-0.39, 0.29) is 5.91 Å². The summed E-state index contributed by atoms with van der Waals surface area (Å²) in [5.74, 6) is -0.0997. The molecular weight excluding hydrogens is 366 g/mol. The van der Waals surface area contributed by atoms with Crippen LogP contribution in [0.15, 0.2) is 36.7 Å². The first-order valence-electron chi connectivity index (χ1n) is 10.3. The van der Waals surface area contributed by atoms with Crippen LogP contribution in [0.2, 0.25) is 0 Å². The number of carbonyl (C=O) groups is 1. The molecule has 1 aliphatic heterocycles. The lowest BCUT2D eigenvalue weighted by atomic mass is 9.93. The number of rotatable bonds is 5. The third-order valence-electron chi connectivity index (χ3n) is 5.86. The number of hydrogen-bond acceptors (Lipinski definition) is 5. The molecular formula is C22H25N5O2. The lowest BCUT2D eigenvalue weighted by molar-refractivity contribution is 0.0341. The Kier molecular flexibility index (Phi) is 4.99. The van der Waals surface area contributed by atoms with Gasteiger partial charge in [0, 0.05) is 49.0 Å². The molecule has 0 atom stereocenters. The molecule has 7 heteroatoms. The van der Waals surface area contributed by atoms with E-state index in [1.54, 1.807) is 0 Å². The van der Waals surface area contributed by atoms with Crippen LogP contribution in [0.25, 0.3) is 22.0 Å². The smallest absolute Gasteiger partial charge is 0.272 e. The fraction of sp³-hybridized carbons (Fsp3) is 0.409. The highest BCUT2D eigenvalue weighted by atomic mass is 16.5. The Bertz CT molecular complexity index is 1020. The molecule has 2 fully saturated rings. The number of benzene rings is 1. The second kappa shape index (κ2) is 7.93. The third kappa shape index (κ3) is 3.88. The molecule has 2 aliphatic rings. The molecule has 150 valence electrons. The van der Waals surface area contributed by atoms with Gasteiger partial charge < -0.3 is 10.1 Å². The first-order valence-corrected chi connectivity index (χ1v) is 10.3.